The molecule has 5 nitrogen and oxygen atoms in total. The van der Waals surface area contributed by atoms with Crippen LogP contribution in [0.15, 0.2) is 24.3 Å². The fourth-order valence-electron chi connectivity index (χ4n) is 4.01. The first kappa shape index (κ1) is 22.9. The Hall–Kier alpha value is -1.73. The third-order valence-corrected chi connectivity index (χ3v) is 7.24. The largest absolute Gasteiger partial charge is 0.479 e. The summed E-state index contributed by atoms with van der Waals surface area (Å²) in [7, 11) is 0. The summed E-state index contributed by atoms with van der Waals surface area (Å²) >= 11 is 6.73. The normalized spacial score (nSPS) is 17.6. The van der Waals surface area contributed by atoms with Gasteiger partial charge in [0.05, 0.1) is 17.7 Å². The van der Waals surface area contributed by atoms with Crippen LogP contribution in [0.3, 0.4) is 0 Å². The Bertz CT molecular complexity index is 799. The van der Waals surface area contributed by atoms with E-state index < -0.39 is 5.54 Å². The van der Waals surface area contributed by atoms with Crippen molar-refractivity contribution in [2.75, 3.05) is 6.61 Å². The SMILES string of the molecule is CCCCCCC(CC(=O)C1(N2C(=O)c3ccccc3C2=O)CC1)SC(=S)OCC. The summed E-state index contributed by atoms with van der Waals surface area (Å²) in [5, 5.41) is 0.000985. The molecule has 1 fully saturated rings. The Kier molecular flexibility index (Phi) is 7.69. The van der Waals surface area contributed by atoms with E-state index in [0.29, 0.717) is 35.0 Å². The fraction of sp³-hybridized carbons (Fsp3) is 0.565. The van der Waals surface area contributed by atoms with Crippen molar-refractivity contribution >= 4 is 46.0 Å². The zero-order chi connectivity index (χ0) is 21.7. The Labute approximate surface area is 187 Å². The summed E-state index contributed by atoms with van der Waals surface area (Å²) in [5.41, 5.74) is -0.197. The molecule has 7 heteroatoms. The van der Waals surface area contributed by atoms with Crippen LogP contribution in [0.1, 0.15) is 85.9 Å². The van der Waals surface area contributed by atoms with Gasteiger partial charge < -0.3 is 4.74 Å². The predicted octanol–water partition coefficient (Wildman–Crippen LogP) is 5.17. The molecule has 1 aromatic carbocycles. The highest BCUT2D eigenvalue weighted by molar-refractivity contribution is 8.23. The number of hydrogen-bond donors (Lipinski definition) is 0. The maximum absolute atomic E-state index is 13.4. The molecule has 3 rings (SSSR count). The van der Waals surface area contributed by atoms with Crippen LogP contribution in [0.25, 0.3) is 0 Å². The van der Waals surface area contributed by atoms with Crippen molar-refractivity contribution in [1.82, 2.24) is 4.90 Å². The van der Waals surface area contributed by atoms with Gasteiger partial charge in [0, 0.05) is 11.7 Å². The Morgan fingerprint density at radius 3 is 2.30 bits per heavy atom. The van der Waals surface area contributed by atoms with Crippen LogP contribution in [-0.4, -0.2) is 44.3 Å². The fourth-order valence-corrected chi connectivity index (χ4v) is 5.51. The van der Waals surface area contributed by atoms with Crippen LogP contribution < -0.4 is 0 Å². The third kappa shape index (κ3) is 4.78. The minimum Gasteiger partial charge on any atom is -0.479 e. The quantitative estimate of drug-likeness (QED) is 0.265. The first-order valence-corrected chi connectivity index (χ1v) is 12.1. The summed E-state index contributed by atoms with van der Waals surface area (Å²) in [5.74, 6) is -0.735. The van der Waals surface area contributed by atoms with E-state index in [9.17, 15) is 14.4 Å². The molecule has 1 aliphatic heterocycles. The monoisotopic (exact) mass is 447 g/mol. The molecule has 1 aliphatic carbocycles. The lowest BCUT2D eigenvalue weighted by Gasteiger charge is -2.26. The van der Waals surface area contributed by atoms with E-state index in [4.69, 9.17) is 17.0 Å². The molecule has 0 bridgehead atoms. The predicted molar refractivity (Wildman–Crippen MR) is 123 cm³/mol. The Morgan fingerprint density at radius 1 is 1.13 bits per heavy atom. The highest BCUT2D eigenvalue weighted by atomic mass is 32.2. The molecular formula is C23H29NO4S2. The molecule has 0 spiro atoms. The zero-order valence-corrected chi connectivity index (χ0v) is 19.3. The first-order chi connectivity index (χ1) is 14.4. The van der Waals surface area contributed by atoms with Gasteiger partial charge in [0.2, 0.25) is 4.38 Å². The lowest BCUT2D eigenvalue weighted by atomic mass is 10.0. The second kappa shape index (κ2) is 10.1. The minimum absolute atomic E-state index is 0.000985. The minimum atomic E-state index is -0.983. The van der Waals surface area contributed by atoms with Crippen molar-refractivity contribution in [1.29, 1.82) is 0 Å². The summed E-state index contributed by atoms with van der Waals surface area (Å²) in [4.78, 5) is 40.4. The highest BCUT2D eigenvalue weighted by Gasteiger charge is 2.60. The third-order valence-electron chi connectivity index (χ3n) is 5.78. The number of unbranched alkanes of at least 4 members (excludes halogenated alkanes) is 3. The summed E-state index contributed by atoms with van der Waals surface area (Å²) in [6.07, 6.45) is 6.69. The number of hydrogen-bond acceptors (Lipinski definition) is 6. The number of nitrogens with zero attached hydrogens (tertiary/aromatic N) is 1. The summed E-state index contributed by atoms with van der Waals surface area (Å²) in [6.45, 7) is 4.55. The van der Waals surface area contributed by atoms with Crippen molar-refractivity contribution in [2.24, 2.45) is 0 Å². The van der Waals surface area contributed by atoms with Gasteiger partial charge in [-0.2, -0.15) is 0 Å². The summed E-state index contributed by atoms with van der Waals surface area (Å²) in [6, 6.07) is 6.80. The second-order valence-electron chi connectivity index (χ2n) is 7.92. The molecule has 0 saturated heterocycles. The van der Waals surface area contributed by atoms with Gasteiger partial charge in [-0.05, 0) is 50.5 Å². The number of thiocarbonyl (C=S) groups is 1. The molecule has 1 saturated carbocycles. The van der Waals surface area contributed by atoms with Crippen LogP contribution in [0, 0.1) is 0 Å². The molecule has 1 heterocycles. The molecule has 2 amide bonds. The van der Waals surface area contributed by atoms with E-state index in [1.165, 1.54) is 23.1 Å². The number of benzene rings is 1. The number of thioether (sulfide) groups is 1. The highest BCUT2D eigenvalue weighted by Crippen LogP contribution is 2.48. The van der Waals surface area contributed by atoms with Gasteiger partial charge in [-0.15, -0.1) is 0 Å². The van der Waals surface area contributed by atoms with Crippen molar-refractivity contribution in [3.8, 4) is 0 Å². The maximum atomic E-state index is 13.4. The smallest absolute Gasteiger partial charge is 0.262 e. The maximum Gasteiger partial charge on any atom is 0.262 e. The number of fused-ring (bicyclic) bond motifs is 1. The molecule has 162 valence electrons. The van der Waals surface area contributed by atoms with Crippen molar-refractivity contribution in [2.45, 2.75) is 76.0 Å². The van der Waals surface area contributed by atoms with Crippen LogP contribution in [0.5, 0.6) is 0 Å². The van der Waals surface area contributed by atoms with Gasteiger partial charge in [0.25, 0.3) is 11.8 Å². The topological polar surface area (TPSA) is 63.7 Å². The molecule has 1 atom stereocenters. The molecule has 2 aliphatic rings. The van der Waals surface area contributed by atoms with E-state index in [-0.39, 0.29) is 29.3 Å². The molecule has 1 aromatic rings. The number of carbonyl (C=O) groups excluding carboxylic acids is 3. The lowest BCUT2D eigenvalue weighted by molar-refractivity contribution is -0.124. The van der Waals surface area contributed by atoms with Crippen molar-refractivity contribution < 1.29 is 19.1 Å². The first-order valence-electron chi connectivity index (χ1n) is 10.8. The number of ketones is 1. The van der Waals surface area contributed by atoms with Gasteiger partial charge in [0.15, 0.2) is 5.78 Å². The van der Waals surface area contributed by atoms with E-state index in [2.05, 4.69) is 6.92 Å². The van der Waals surface area contributed by atoms with E-state index >= 15 is 0 Å². The molecule has 0 N–H and O–H groups in total. The van der Waals surface area contributed by atoms with Gasteiger partial charge >= 0.3 is 0 Å². The van der Waals surface area contributed by atoms with E-state index in [0.717, 1.165) is 25.7 Å². The lowest BCUT2D eigenvalue weighted by Crippen LogP contribution is -2.47. The number of rotatable bonds is 11. The number of imide groups is 1. The van der Waals surface area contributed by atoms with Crippen LogP contribution in [0.2, 0.25) is 0 Å². The van der Waals surface area contributed by atoms with Gasteiger partial charge in [-0.3, -0.25) is 19.3 Å². The summed E-state index contributed by atoms with van der Waals surface area (Å²) < 4.78 is 5.88. The average Bonchev–Trinajstić information content (AvgIpc) is 3.48. The molecule has 0 aromatic heterocycles. The Balaban J connectivity index is 1.71. The van der Waals surface area contributed by atoms with E-state index in [1.807, 2.05) is 6.92 Å². The zero-order valence-electron chi connectivity index (χ0n) is 17.6. The number of amides is 2. The standard InChI is InChI=1S/C23H29NO4S2/c1-3-5-6-7-10-16(30-22(29)28-4-2)15-19(25)23(13-14-23)24-20(26)17-11-8-9-12-18(17)21(24)27/h8-9,11-12,16H,3-7,10,13-15H2,1-2H3. The number of Topliss-reactive ketones (excluding diaryl/α,β-unsaturated/α-hetero) is 1. The number of ether oxygens (including phenoxy) is 1. The Morgan fingerprint density at radius 2 is 1.77 bits per heavy atom. The van der Waals surface area contributed by atoms with Gasteiger partial charge in [-0.25, -0.2) is 0 Å². The molecule has 30 heavy (non-hydrogen) atoms. The van der Waals surface area contributed by atoms with Crippen LogP contribution >= 0.6 is 24.0 Å². The van der Waals surface area contributed by atoms with Gasteiger partial charge in [-0.1, -0.05) is 56.5 Å². The van der Waals surface area contributed by atoms with Crippen LogP contribution in [0.4, 0.5) is 0 Å². The molecular weight excluding hydrogens is 418 g/mol. The van der Waals surface area contributed by atoms with E-state index in [1.54, 1.807) is 24.3 Å². The average molecular weight is 448 g/mol. The van der Waals surface area contributed by atoms with Crippen LogP contribution in [-0.2, 0) is 9.53 Å². The molecule has 1 unspecified atom stereocenters. The number of carbonyl (C=O) groups is 3. The van der Waals surface area contributed by atoms with Crippen molar-refractivity contribution in [3.63, 3.8) is 0 Å². The second-order valence-corrected chi connectivity index (χ2v) is 9.82. The van der Waals surface area contributed by atoms with Gasteiger partial charge in [0.1, 0.15) is 5.54 Å². The molecule has 0 radical (unpaired) electrons. The van der Waals surface area contributed by atoms with Crippen molar-refractivity contribution in [3.05, 3.63) is 35.4 Å².